The molecular weight excluding hydrogens is 216 g/mol. The third kappa shape index (κ3) is 3.34. The van der Waals surface area contributed by atoms with Gasteiger partial charge < -0.3 is 15.8 Å². The van der Waals surface area contributed by atoms with Crippen LogP contribution in [0.4, 0.5) is 11.5 Å². The lowest BCUT2D eigenvalue weighted by atomic mass is 10.3. The summed E-state index contributed by atoms with van der Waals surface area (Å²) in [5.41, 5.74) is 6.22. The molecule has 17 heavy (non-hydrogen) atoms. The first-order chi connectivity index (χ1) is 8.36. The van der Waals surface area contributed by atoms with Crippen LogP contribution in [0.3, 0.4) is 0 Å². The SMILES string of the molecule is Nc1cncnc1NCCOc1ccccc1. The molecule has 1 aromatic carbocycles. The van der Waals surface area contributed by atoms with Crippen LogP contribution in [0.15, 0.2) is 42.9 Å². The molecule has 1 heterocycles. The summed E-state index contributed by atoms with van der Waals surface area (Å²) in [7, 11) is 0. The summed E-state index contributed by atoms with van der Waals surface area (Å²) in [6.07, 6.45) is 3.02. The number of nitrogens with one attached hydrogen (secondary N) is 1. The molecule has 2 aromatic rings. The molecule has 0 saturated heterocycles. The van der Waals surface area contributed by atoms with Gasteiger partial charge in [-0.1, -0.05) is 18.2 Å². The molecule has 0 bridgehead atoms. The number of aromatic nitrogens is 2. The molecule has 1 aromatic heterocycles. The first-order valence-electron chi connectivity index (χ1n) is 5.33. The minimum absolute atomic E-state index is 0.534. The first kappa shape index (κ1) is 11.2. The van der Waals surface area contributed by atoms with E-state index in [9.17, 15) is 0 Å². The van der Waals surface area contributed by atoms with Crippen molar-refractivity contribution in [2.75, 3.05) is 24.2 Å². The summed E-state index contributed by atoms with van der Waals surface area (Å²) in [5, 5.41) is 3.08. The number of nitrogens with two attached hydrogens (primary N) is 1. The van der Waals surface area contributed by atoms with Crippen molar-refractivity contribution in [2.45, 2.75) is 0 Å². The Hall–Kier alpha value is -2.30. The van der Waals surface area contributed by atoms with Crippen LogP contribution in [0.2, 0.25) is 0 Å². The molecule has 0 aliphatic heterocycles. The van der Waals surface area contributed by atoms with E-state index in [-0.39, 0.29) is 0 Å². The Balaban J connectivity index is 1.76. The van der Waals surface area contributed by atoms with Gasteiger partial charge in [-0.15, -0.1) is 0 Å². The number of para-hydroxylation sites is 1. The number of rotatable bonds is 5. The predicted octanol–water partition coefficient (Wildman–Crippen LogP) is 1.55. The molecule has 0 spiro atoms. The van der Waals surface area contributed by atoms with Gasteiger partial charge in [0.05, 0.1) is 18.4 Å². The molecule has 3 N–H and O–H groups in total. The van der Waals surface area contributed by atoms with Gasteiger partial charge in [-0.3, -0.25) is 0 Å². The van der Waals surface area contributed by atoms with Crippen molar-refractivity contribution in [3.63, 3.8) is 0 Å². The maximum Gasteiger partial charge on any atom is 0.152 e. The molecule has 0 fully saturated rings. The molecule has 0 saturated carbocycles. The topological polar surface area (TPSA) is 73.1 Å². The number of anilines is 2. The zero-order chi connectivity index (χ0) is 11.9. The van der Waals surface area contributed by atoms with Crippen LogP contribution in [0.1, 0.15) is 0 Å². The zero-order valence-electron chi connectivity index (χ0n) is 9.34. The van der Waals surface area contributed by atoms with Gasteiger partial charge in [0.2, 0.25) is 0 Å². The second kappa shape index (κ2) is 5.69. The van der Waals surface area contributed by atoms with Crippen LogP contribution in [-0.4, -0.2) is 23.1 Å². The summed E-state index contributed by atoms with van der Waals surface area (Å²) in [5.74, 6) is 1.49. The Kier molecular flexibility index (Phi) is 3.75. The van der Waals surface area contributed by atoms with E-state index in [4.69, 9.17) is 10.5 Å². The Morgan fingerprint density at radius 2 is 2.06 bits per heavy atom. The predicted molar refractivity (Wildman–Crippen MR) is 66.9 cm³/mol. The second-order valence-corrected chi connectivity index (χ2v) is 3.41. The van der Waals surface area contributed by atoms with Gasteiger partial charge in [-0.25, -0.2) is 9.97 Å². The fraction of sp³-hybridized carbons (Fsp3) is 0.167. The highest BCUT2D eigenvalue weighted by atomic mass is 16.5. The summed E-state index contributed by atoms with van der Waals surface area (Å²) in [4.78, 5) is 7.83. The quantitative estimate of drug-likeness (QED) is 0.762. The van der Waals surface area contributed by atoms with Crippen LogP contribution >= 0.6 is 0 Å². The van der Waals surface area contributed by atoms with Gasteiger partial charge in [0, 0.05) is 0 Å². The zero-order valence-corrected chi connectivity index (χ0v) is 9.34. The van der Waals surface area contributed by atoms with Crippen molar-refractivity contribution >= 4 is 11.5 Å². The van der Waals surface area contributed by atoms with E-state index in [1.54, 1.807) is 6.20 Å². The van der Waals surface area contributed by atoms with E-state index in [1.807, 2.05) is 30.3 Å². The number of hydrogen-bond acceptors (Lipinski definition) is 5. The molecule has 0 unspecified atom stereocenters. The van der Waals surface area contributed by atoms with Gasteiger partial charge in [0.1, 0.15) is 18.7 Å². The third-order valence-electron chi connectivity index (χ3n) is 2.15. The van der Waals surface area contributed by atoms with E-state index < -0.39 is 0 Å². The van der Waals surface area contributed by atoms with E-state index in [1.165, 1.54) is 6.33 Å². The molecule has 0 aliphatic rings. The van der Waals surface area contributed by atoms with Crippen molar-refractivity contribution in [1.29, 1.82) is 0 Å². The Labute approximate surface area is 99.7 Å². The normalized spacial score (nSPS) is 9.88. The maximum absolute atomic E-state index is 5.69. The fourth-order valence-corrected chi connectivity index (χ4v) is 1.34. The number of benzene rings is 1. The van der Waals surface area contributed by atoms with Crippen LogP contribution in [-0.2, 0) is 0 Å². The van der Waals surface area contributed by atoms with Crippen LogP contribution < -0.4 is 15.8 Å². The molecule has 0 aliphatic carbocycles. The van der Waals surface area contributed by atoms with Gasteiger partial charge >= 0.3 is 0 Å². The summed E-state index contributed by atoms with van der Waals surface area (Å²) in [6.45, 7) is 1.18. The molecule has 5 nitrogen and oxygen atoms in total. The number of nitrogens with zero attached hydrogens (tertiary/aromatic N) is 2. The van der Waals surface area contributed by atoms with Gasteiger partial charge in [-0.2, -0.15) is 0 Å². The number of nitrogen functional groups attached to an aromatic ring is 1. The van der Waals surface area contributed by atoms with Crippen molar-refractivity contribution in [2.24, 2.45) is 0 Å². The maximum atomic E-state index is 5.69. The average Bonchev–Trinajstić information content (AvgIpc) is 2.38. The molecule has 0 atom stereocenters. The van der Waals surface area contributed by atoms with E-state index in [2.05, 4.69) is 15.3 Å². The van der Waals surface area contributed by atoms with Gasteiger partial charge in [-0.05, 0) is 12.1 Å². The van der Waals surface area contributed by atoms with Crippen molar-refractivity contribution in [1.82, 2.24) is 9.97 Å². The van der Waals surface area contributed by atoms with Gasteiger partial charge in [0.25, 0.3) is 0 Å². The van der Waals surface area contributed by atoms with Gasteiger partial charge in [0.15, 0.2) is 5.82 Å². The van der Waals surface area contributed by atoms with E-state index in [0.29, 0.717) is 24.7 Å². The lowest BCUT2D eigenvalue weighted by Gasteiger charge is -2.08. The molecule has 88 valence electrons. The van der Waals surface area contributed by atoms with Crippen LogP contribution in [0.25, 0.3) is 0 Å². The Morgan fingerprint density at radius 1 is 1.24 bits per heavy atom. The standard InChI is InChI=1S/C12H14N4O/c13-11-8-14-9-16-12(11)15-6-7-17-10-4-2-1-3-5-10/h1-5,8-9H,6-7,13H2,(H,14,15,16). The van der Waals surface area contributed by atoms with E-state index >= 15 is 0 Å². The molecule has 5 heteroatoms. The highest BCUT2D eigenvalue weighted by molar-refractivity contribution is 5.58. The molecule has 0 amide bonds. The number of ether oxygens (including phenoxy) is 1. The number of hydrogen-bond donors (Lipinski definition) is 2. The third-order valence-corrected chi connectivity index (χ3v) is 2.15. The lowest BCUT2D eigenvalue weighted by Crippen LogP contribution is -2.13. The summed E-state index contributed by atoms with van der Waals surface area (Å²) in [6, 6.07) is 9.65. The fourth-order valence-electron chi connectivity index (χ4n) is 1.34. The molecule has 0 radical (unpaired) electrons. The highest BCUT2D eigenvalue weighted by Crippen LogP contribution is 2.11. The van der Waals surface area contributed by atoms with Crippen LogP contribution in [0, 0.1) is 0 Å². The minimum Gasteiger partial charge on any atom is -0.492 e. The van der Waals surface area contributed by atoms with E-state index in [0.717, 1.165) is 5.75 Å². The van der Waals surface area contributed by atoms with Crippen molar-refractivity contribution in [3.8, 4) is 5.75 Å². The molecule has 2 rings (SSSR count). The Bertz CT molecular complexity index is 461. The second-order valence-electron chi connectivity index (χ2n) is 3.41. The van der Waals surface area contributed by atoms with Crippen molar-refractivity contribution in [3.05, 3.63) is 42.9 Å². The Morgan fingerprint density at radius 3 is 2.82 bits per heavy atom. The smallest absolute Gasteiger partial charge is 0.152 e. The summed E-state index contributed by atoms with van der Waals surface area (Å²) >= 11 is 0. The van der Waals surface area contributed by atoms with Crippen molar-refractivity contribution < 1.29 is 4.74 Å². The first-order valence-corrected chi connectivity index (χ1v) is 5.33. The lowest BCUT2D eigenvalue weighted by molar-refractivity contribution is 0.333. The average molecular weight is 230 g/mol. The van der Waals surface area contributed by atoms with Crippen LogP contribution in [0.5, 0.6) is 5.75 Å². The largest absolute Gasteiger partial charge is 0.492 e. The highest BCUT2D eigenvalue weighted by Gasteiger charge is 1.98. The summed E-state index contributed by atoms with van der Waals surface area (Å²) < 4.78 is 5.52. The monoisotopic (exact) mass is 230 g/mol. The minimum atomic E-state index is 0.534. The molecular formula is C12H14N4O.